The van der Waals surface area contributed by atoms with Crippen LogP contribution < -0.4 is 49.1 Å². The molecule has 0 aliphatic carbocycles. The number of rotatable bonds is 11. The molecular formula is C72H65LiN8O11S4. The van der Waals surface area contributed by atoms with Gasteiger partial charge in [0.2, 0.25) is 0 Å². The molecule has 6 aliphatic heterocycles. The fourth-order valence-corrected chi connectivity index (χ4v) is 17.5. The number of pyridine rings is 2. The summed E-state index contributed by atoms with van der Waals surface area (Å²) in [5, 5.41) is 19.6. The van der Waals surface area contributed by atoms with Gasteiger partial charge in [-0.2, -0.15) is 0 Å². The number of ether oxygens (including phenoxy) is 3. The second-order valence-electron chi connectivity index (χ2n) is 24.7. The number of carboxylic acids is 1. The van der Waals surface area contributed by atoms with Crippen molar-refractivity contribution >= 4 is 136 Å². The summed E-state index contributed by atoms with van der Waals surface area (Å²) in [6.07, 6.45) is 5.28. The monoisotopic (exact) mass is 1350 g/mol. The minimum absolute atomic E-state index is 0. The van der Waals surface area contributed by atoms with Crippen molar-refractivity contribution in [2.24, 2.45) is 10.8 Å². The second kappa shape index (κ2) is 27.5. The molecule has 6 aliphatic rings. The molecule has 2 spiro atoms. The smallest absolute Gasteiger partial charge is 0.870 e. The van der Waals surface area contributed by atoms with Crippen LogP contribution in [0.1, 0.15) is 105 Å². The van der Waals surface area contributed by atoms with Crippen LogP contribution in [0.5, 0.6) is 0 Å². The number of esters is 1. The topological polar surface area (TPSA) is 243 Å². The minimum atomic E-state index is -0.945. The van der Waals surface area contributed by atoms with E-state index in [9.17, 15) is 33.9 Å². The van der Waals surface area contributed by atoms with Gasteiger partial charge in [0.05, 0.1) is 49.5 Å². The first-order valence-corrected chi connectivity index (χ1v) is 34.9. The molecule has 4 saturated heterocycles. The summed E-state index contributed by atoms with van der Waals surface area (Å²) in [7, 11) is 0. The largest absolute Gasteiger partial charge is 1.00 e. The van der Waals surface area contributed by atoms with Crippen LogP contribution >= 0.6 is 45.3 Å². The summed E-state index contributed by atoms with van der Waals surface area (Å²) in [4.78, 5) is 99.8. The molecule has 6 aromatic heterocycles. The quantitative estimate of drug-likeness (QED) is 0.0805. The Morgan fingerprint density at radius 1 is 0.562 bits per heavy atom. The van der Waals surface area contributed by atoms with E-state index < -0.39 is 5.97 Å². The third kappa shape index (κ3) is 12.8. The average Bonchev–Trinajstić information content (AvgIpc) is 1.11. The van der Waals surface area contributed by atoms with Crippen molar-refractivity contribution in [1.82, 2.24) is 9.97 Å². The Bertz CT molecular complexity index is 4630. The summed E-state index contributed by atoms with van der Waals surface area (Å²) >= 11 is 5.77. The van der Waals surface area contributed by atoms with E-state index in [1.807, 2.05) is 89.6 Å². The summed E-state index contributed by atoms with van der Waals surface area (Å²) in [5.41, 5.74) is 10.8. The number of aromatic nitrogens is 2. The van der Waals surface area contributed by atoms with Crippen LogP contribution in [0, 0.1) is 10.8 Å². The first-order chi connectivity index (χ1) is 45.8. The van der Waals surface area contributed by atoms with E-state index in [1.54, 1.807) is 94.0 Å². The van der Waals surface area contributed by atoms with E-state index in [2.05, 4.69) is 20.4 Å². The van der Waals surface area contributed by atoms with Crippen LogP contribution in [0.4, 0.5) is 34.4 Å². The number of benzene rings is 4. The Kier molecular flexibility index (Phi) is 18.9. The van der Waals surface area contributed by atoms with E-state index >= 15 is 0 Å². The van der Waals surface area contributed by atoms with Gasteiger partial charge < -0.3 is 55.0 Å². The Hall–Kier alpha value is -8.60. The van der Waals surface area contributed by atoms with Gasteiger partial charge in [-0.1, -0.05) is 36.4 Å². The predicted molar refractivity (Wildman–Crippen MR) is 373 cm³/mol. The number of carbonyl (C=O) groups excluding carboxylic acids is 5. The molecule has 4 amide bonds. The van der Waals surface area contributed by atoms with E-state index in [-0.39, 0.29) is 64.8 Å². The van der Waals surface area contributed by atoms with Crippen LogP contribution in [-0.4, -0.2) is 128 Å². The number of nitrogens with zero attached hydrogens (tertiary/aromatic N) is 6. The average molecular weight is 1350 g/mol. The van der Waals surface area contributed by atoms with Gasteiger partial charge in [-0.05, 0) is 164 Å². The molecular weight excluding hydrogens is 1290 g/mol. The number of carboxylic acid groups (broad SMARTS) is 1. The summed E-state index contributed by atoms with van der Waals surface area (Å²) in [6, 6.07) is 40.9. The Morgan fingerprint density at radius 2 is 0.979 bits per heavy atom. The molecule has 4 N–H and O–H groups in total. The van der Waals surface area contributed by atoms with Crippen molar-refractivity contribution < 1.29 is 72.4 Å². The normalized spacial score (nSPS) is 16.3. The van der Waals surface area contributed by atoms with Crippen LogP contribution in [0.15, 0.2) is 144 Å². The van der Waals surface area contributed by atoms with E-state index in [0.717, 1.165) is 142 Å². The molecule has 10 aromatic rings. The molecule has 96 heavy (non-hydrogen) atoms. The van der Waals surface area contributed by atoms with Gasteiger partial charge in [0.15, 0.2) is 0 Å². The van der Waals surface area contributed by atoms with Gasteiger partial charge in [0.25, 0.3) is 23.6 Å². The van der Waals surface area contributed by atoms with Gasteiger partial charge in [-0.3, -0.25) is 19.2 Å². The first kappa shape index (κ1) is 66.0. The van der Waals surface area contributed by atoms with E-state index in [4.69, 9.17) is 24.2 Å². The standard InChI is InChI=1S/C37H34N4O5S2.C35H30N4O5S2.Li.H2O/c1-2-46-36(44)31-19-24-11-15-41(29-6-4-3-5-26(29)32(24)48-31)35(43)23-7-9-25(10-8-23)38-34(42)27-20-30-28(12-18-47-30)39-33(27)40-21-37(22-40)13-16-45-17-14-37;40-32(25-18-28-26(10-16-45-28)37-31(25)38-19-35(20-38)11-14-44-15-12-35)36-23-7-5-21(6-8-23)33(41)39-13-9-22-17-29(34(42)43)46-30(22)24-3-1-2-4-27(24)39;;/h3-10,12,18-20H,2,11,13-17,21-22H2,1H3,(H,38,42);1-8,10,16-18H,9,11-15,19-20H2,(H,36,40)(H,42,43);;1H2/q;;+1;/p-1. The maximum Gasteiger partial charge on any atom is 1.00 e. The fraction of sp³-hybridized carbons (Fsp3) is 0.278. The predicted octanol–water partition coefficient (Wildman–Crippen LogP) is 10.9. The van der Waals surface area contributed by atoms with Crippen LogP contribution in [0.2, 0.25) is 0 Å². The summed E-state index contributed by atoms with van der Waals surface area (Å²) < 4.78 is 18.3. The maximum absolute atomic E-state index is 13.9. The van der Waals surface area contributed by atoms with Crippen molar-refractivity contribution in [2.75, 3.05) is 103 Å². The Labute approximate surface area is 581 Å². The number of hydrogen-bond acceptors (Lipinski definition) is 18. The van der Waals surface area contributed by atoms with Gasteiger partial charge in [0.1, 0.15) is 21.4 Å². The van der Waals surface area contributed by atoms with E-state index in [1.165, 1.54) is 22.7 Å². The molecule has 484 valence electrons. The molecule has 16 rings (SSSR count). The van der Waals surface area contributed by atoms with E-state index in [0.29, 0.717) is 87.6 Å². The number of fused-ring (bicyclic) bond motifs is 8. The van der Waals surface area contributed by atoms with Crippen LogP contribution in [-0.2, 0) is 27.1 Å². The van der Waals surface area contributed by atoms with Gasteiger partial charge in [-0.25, -0.2) is 19.6 Å². The van der Waals surface area contributed by atoms with Crippen molar-refractivity contribution in [2.45, 2.75) is 45.4 Å². The van der Waals surface area contributed by atoms with Crippen molar-refractivity contribution in [3.63, 3.8) is 0 Å². The van der Waals surface area contributed by atoms with Gasteiger partial charge >= 0.3 is 30.8 Å². The molecule has 4 fully saturated rings. The number of amides is 4. The zero-order chi connectivity index (χ0) is 64.2. The number of thiophene rings is 4. The number of para-hydroxylation sites is 2. The summed E-state index contributed by atoms with van der Waals surface area (Å²) in [6.45, 7) is 9.61. The molecule has 4 aromatic carbocycles. The zero-order valence-electron chi connectivity index (χ0n) is 52.8. The molecule has 0 atom stereocenters. The number of hydrogen-bond donors (Lipinski definition) is 3. The number of aromatic carboxylic acids is 1. The van der Waals surface area contributed by atoms with Crippen molar-refractivity contribution in [3.8, 4) is 20.9 Å². The third-order valence-corrected chi connectivity index (χ3v) is 22.9. The first-order valence-electron chi connectivity index (χ1n) is 31.5. The van der Waals surface area contributed by atoms with Crippen LogP contribution in [0.3, 0.4) is 0 Å². The fourth-order valence-electron chi connectivity index (χ4n) is 13.8. The van der Waals surface area contributed by atoms with Gasteiger partial charge in [0, 0.05) is 120 Å². The molecule has 12 heterocycles. The Morgan fingerprint density at radius 3 is 1.41 bits per heavy atom. The second-order valence-corrected chi connectivity index (χ2v) is 28.7. The zero-order valence-corrected chi connectivity index (χ0v) is 56.0. The molecule has 0 unspecified atom stereocenters. The molecule has 0 bridgehead atoms. The molecule has 0 radical (unpaired) electrons. The minimum Gasteiger partial charge on any atom is -0.870 e. The molecule has 0 saturated carbocycles. The Balaban J connectivity index is 0.000000170. The number of carbonyl (C=O) groups is 6. The number of anilines is 6. The summed E-state index contributed by atoms with van der Waals surface area (Å²) in [5.74, 6) is -0.603. The third-order valence-electron chi connectivity index (χ3n) is 18.8. The molecule has 24 heteroatoms. The van der Waals surface area contributed by atoms with Crippen molar-refractivity contribution in [1.29, 1.82) is 0 Å². The van der Waals surface area contributed by atoms with Crippen LogP contribution in [0.25, 0.3) is 41.3 Å². The van der Waals surface area contributed by atoms with Crippen molar-refractivity contribution in [3.05, 3.63) is 187 Å². The molecule has 19 nitrogen and oxygen atoms in total. The number of nitrogens with one attached hydrogen (secondary N) is 2. The SMILES string of the molecule is CCOC(=O)c1cc2c(s1)-c1ccccc1N(C(=O)c1ccc(NC(=O)c3cc4sccc4nc3N3CC4(CCOCC4)C3)cc1)CC2.O=C(O)c1cc2c(s1)-c1ccccc1N(C(=O)c1ccc(NC(=O)c3cc4sccc4nc3N3CC4(CCOCC4)C3)cc1)CC2.[Li+].[OH-]. The van der Waals surface area contributed by atoms with Gasteiger partial charge in [-0.15, -0.1) is 45.3 Å². The maximum atomic E-state index is 13.9.